The third-order valence-corrected chi connectivity index (χ3v) is 7.16. The molecule has 2 rings (SSSR count). The summed E-state index contributed by atoms with van der Waals surface area (Å²) in [5.74, 6) is -0.116. The Morgan fingerprint density at radius 2 is 1.33 bits per heavy atom. The van der Waals surface area contributed by atoms with Gasteiger partial charge in [-0.15, -0.1) is 0 Å². The Balaban J connectivity index is 1.94. The van der Waals surface area contributed by atoms with Crippen molar-refractivity contribution in [3.8, 4) is 11.5 Å². The first-order valence-corrected chi connectivity index (χ1v) is 14.3. The summed E-state index contributed by atoms with van der Waals surface area (Å²) in [5.41, 5.74) is 0.765. The molecule has 0 aliphatic heterocycles. The van der Waals surface area contributed by atoms with Crippen molar-refractivity contribution in [1.29, 1.82) is 0 Å². The molecule has 0 aliphatic carbocycles. The highest BCUT2D eigenvalue weighted by molar-refractivity contribution is 7.86. The van der Waals surface area contributed by atoms with Gasteiger partial charge in [-0.1, -0.05) is 76.8 Å². The molecule has 7 nitrogen and oxygen atoms in total. The molecule has 9 heteroatoms. The summed E-state index contributed by atoms with van der Waals surface area (Å²) in [7, 11) is -8.99. The van der Waals surface area contributed by atoms with Crippen LogP contribution in [0.1, 0.15) is 76.7 Å². The van der Waals surface area contributed by atoms with Crippen LogP contribution in [0.15, 0.2) is 52.3 Å². The monoisotopic (exact) mass is 498 g/mol. The summed E-state index contributed by atoms with van der Waals surface area (Å²) in [5, 5.41) is 0. The number of ether oxygens (including phenoxy) is 1. The van der Waals surface area contributed by atoms with Crippen LogP contribution in [0.5, 0.6) is 11.5 Å². The maximum Gasteiger partial charge on any atom is 0.298 e. The Labute approximate surface area is 197 Å². The SMILES string of the molecule is CCCCCCCCCCCCc1ccc(Oc2cccc(S(=O)(=O)O)c2)c(S(=O)(=O)O)c1. The van der Waals surface area contributed by atoms with E-state index >= 15 is 0 Å². The van der Waals surface area contributed by atoms with E-state index in [9.17, 15) is 25.9 Å². The van der Waals surface area contributed by atoms with E-state index in [1.807, 2.05) is 0 Å². The summed E-state index contributed by atoms with van der Waals surface area (Å²) < 4.78 is 70.8. The van der Waals surface area contributed by atoms with Gasteiger partial charge in [-0.05, 0) is 42.7 Å². The molecule has 0 unspecified atom stereocenters. The summed E-state index contributed by atoms with van der Waals surface area (Å²) in [6, 6.07) is 9.57. The molecule has 0 saturated heterocycles. The van der Waals surface area contributed by atoms with Gasteiger partial charge in [0.2, 0.25) is 0 Å². The van der Waals surface area contributed by atoms with Crippen molar-refractivity contribution in [2.45, 2.75) is 87.3 Å². The molecule has 0 bridgehead atoms. The normalized spacial score (nSPS) is 12.1. The third-order valence-electron chi connectivity index (χ3n) is 5.44. The highest BCUT2D eigenvalue weighted by Gasteiger charge is 2.19. The molecule has 0 aromatic heterocycles. The fraction of sp³-hybridized carbons (Fsp3) is 0.500. The van der Waals surface area contributed by atoms with Crippen molar-refractivity contribution < 1.29 is 30.7 Å². The molecule has 2 N–H and O–H groups in total. The maximum absolute atomic E-state index is 11.9. The largest absolute Gasteiger partial charge is 0.456 e. The van der Waals surface area contributed by atoms with Crippen molar-refractivity contribution in [2.24, 2.45) is 0 Å². The van der Waals surface area contributed by atoms with Crippen LogP contribution < -0.4 is 4.74 Å². The molecule has 2 aromatic carbocycles. The van der Waals surface area contributed by atoms with Crippen LogP contribution in [-0.4, -0.2) is 25.9 Å². The van der Waals surface area contributed by atoms with Gasteiger partial charge in [0, 0.05) is 6.07 Å². The Bertz CT molecular complexity index is 1090. The van der Waals surface area contributed by atoms with Crippen molar-refractivity contribution in [2.75, 3.05) is 0 Å². The van der Waals surface area contributed by atoms with Crippen LogP contribution in [0.25, 0.3) is 0 Å². The molecule has 33 heavy (non-hydrogen) atoms. The highest BCUT2D eigenvalue weighted by Crippen LogP contribution is 2.31. The minimum absolute atomic E-state index is 0.0115. The van der Waals surface area contributed by atoms with E-state index in [2.05, 4.69) is 6.92 Å². The van der Waals surface area contributed by atoms with Crippen molar-refractivity contribution in [3.63, 3.8) is 0 Å². The Morgan fingerprint density at radius 3 is 1.91 bits per heavy atom. The van der Waals surface area contributed by atoms with E-state index in [0.29, 0.717) is 6.42 Å². The molecule has 0 radical (unpaired) electrons. The Kier molecular flexibility index (Phi) is 10.8. The summed E-state index contributed by atoms with van der Waals surface area (Å²) in [6.07, 6.45) is 12.7. The van der Waals surface area contributed by atoms with E-state index in [4.69, 9.17) is 4.74 Å². The van der Waals surface area contributed by atoms with Gasteiger partial charge in [-0.25, -0.2) is 0 Å². The number of unbranched alkanes of at least 4 members (excludes halogenated alkanes) is 9. The summed E-state index contributed by atoms with van der Waals surface area (Å²) >= 11 is 0. The highest BCUT2D eigenvalue weighted by atomic mass is 32.2. The molecule has 0 heterocycles. The summed E-state index contributed by atoms with van der Waals surface area (Å²) in [6.45, 7) is 2.21. The van der Waals surface area contributed by atoms with Gasteiger partial charge in [0.15, 0.2) is 0 Å². The van der Waals surface area contributed by atoms with Gasteiger partial charge >= 0.3 is 0 Å². The van der Waals surface area contributed by atoms with E-state index in [1.165, 1.54) is 75.3 Å². The zero-order valence-electron chi connectivity index (χ0n) is 19.1. The molecular formula is C24H34O7S2. The second-order valence-corrected chi connectivity index (χ2v) is 11.1. The molecule has 0 spiro atoms. The number of aryl methyl sites for hydroxylation is 1. The van der Waals surface area contributed by atoms with Gasteiger partial charge in [0.1, 0.15) is 16.4 Å². The second kappa shape index (κ2) is 13.1. The zero-order chi connectivity index (χ0) is 24.3. The van der Waals surface area contributed by atoms with Crippen LogP contribution in [0.3, 0.4) is 0 Å². The number of rotatable bonds is 15. The van der Waals surface area contributed by atoms with Gasteiger partial charge in [0.05, 0.1) is 4.90 Å². The van der Waals surface area contributed by atoms with E-state index in [1.54, 1.807) is 6.07 Å². The predicted molar refractivity (Wildman–Crippen MR) is 128 cm³/mol. The lowest BCUT2D eigenvalue weighted by Crippen LogP contribution is -2.03. The lowest BCUT2D eigenvalue weighted by molar-refractivity contribution is 0.446. The van der Waals surface area contributed by atoms with Crippen LogP contribution >= 0.6 is 0 Å². The van der Waals surface area contributed by atoms with Crippen molar-refractivity contribution in [3.05, 3.63) is 48.0 Å². The molecule has 0 atom stereocenters. The average molecular weight is 499 g/mol. The maximum atomic E-state index is 11.9. The van der Waals surface area contributed by atoms with Crippen LogP contribution in [0.2, 0.25) is 0 Å². The van der Waals surface area contributed by atoms with E-state index < -0.39 is 20.2 Å². The van der Waals surface area contributed by atoms with E-state index in [0.717, 1.165) is 30.9 Å². The second-order valence-electron chi connectivity index (χ2n) is 8.24. The fourth-order valence-electron chi connectivity index (χ4n) is 3.64. The topological polar surface area (TPSA) is 118 Å². The lowest BCUT2D eigenvalue weighted by atomic mass is 10.0. The summed E-state index contributed by atoms with van der Waals surface area (Å²) in [4.78, 5) is -0.768. The van der Waals surface area contributed by atoms with E-state index in [-0.39, 0.29) is 21.3 Å². The fourth-order valence-corrected chi connectivity index (χ4v) is 4.82. The number of hydrogen-bond donors (Lipinski definition) is 2. The Morgan fingerprint density at radius 1 is 0.727 bits per heavy atom. The first-order valence-electron chi connectivity index (χ1n) is 11.5. The lowest BCUT2D eigenvalue weighted by Gasteiger charge is -2.12. The first-order chi connectivity index (χ1) is 15.6. The van der Waals surface area contributed by atoms with Gasteiger partial charge in [-0.3, -0.25) is 9.11 Å². The van der Waals surface area contributed by atoms with Gasteiger partial charge < -0.3 is 4.74 Å². The standard InChI is InChI=1S/C24H34O7S2/c1-2-3-4-5-6-7-8-9-10-11-13-20-16-17-23(24(18-20)33(28,29)30)31-21-14-12-15-22(19-21)32(25,26)27/h12,14-19H,2-11,13H2,1H3,(H,25,26,27)(H,28,29,30). The molecule has 2 aromatic rings. The smallest absolute Gasteiger partial charge is 0.298 e. The molecule has 0 fully saturated rings. The minimum atomic E-state index is -4.56. The number of hydrogen-bond acceptors (Lipinski definition) is 5. The molecular weight excluding hydrogens is 464 g/mol. The predicted octanol–water partition coefficient (Wildman–Crippen LogP) is 6.44. The Hall–Kier alpha value is -1.94. The third kappa shape index (κ3) is 9.83. The molecule has 184 valence electrons. The van der Waals surface area contributed by atoms with Crippen molar-refractivity contribution >= 4 is 20.2 Å². The van der Waals surface area contributed by atoms with Gasteiger partial charge in [0.25, 0.3) is 20.2 Å². The molecule has 0 amide bonds. The quantitative estimate of drug-likeness (QED) is 0.214. The average Bonchev–Trinajstić information content (AvgIpc) is 2.75. The van der Waals surface area contributed by atoms with Crippen LogP contribution in [-0.2, 0) is 26.7 Å². The minimum Gasteiger partial charge on any atom is -0.456 e. The molecule has 0 saturated carbocycles. The van der Waals surface area contributed by atoms with Crippen molar-refractivity contribution in [1.82, 2.24) is 0 Å². The number of benzene rings is 2. The van der Waals surface area contributed by atoms with Gasteiger partial charge in [-0.2, -0.15) is 16.8 Å². The van der Waals surface area contributed by atoms with Crippen LogP contribution in [0.4, 0.5) is 0 Å². The first kappa shape index (κ1) is 27.3. The zero-order valence-corrected chi connectivity index (χ0v) is 20.7. The molecule has 0 aliphatic rings. The van der Waals surface area contributed by atoms with Crippen LogP contribution in [0, 0.1) is 0 Å².